The molecule has 1 saturated heterocycles. The molecule has 1 aliphatic rings. The van der Waals surface area contributed by atoms with Gasteiger partial charge in [0.1, 0.15) is 5.50 Å². The van der Waals surface area contributed by atoms with Gasteiger partial charge in [0.25, 0.3) is 0 Å². The smallest absolute Gasteiger partial charge is 0.112 e. The fraction of sp³-hybridized carbons (Fsp3) is 1.00. The highest BCUT2D eigenvalue weighted by atomic mass is 35.5. The zero-order valence-corrected chi connectivity index (χ0v) is 4.07. The predicted molar refractivity (Wildman–Crippen MR) is 24.6 cm³/mol. The highest BCUT2D eigenvalue weighted by Crippen LogP contribution is 1.92. The number of nitrogens with zero attached hydrogens (tertiary/aromatic N) is 1. The normalized spacial score (nSPS) is 34.5. The first-order valence-electron chi connectivity index (χ1n) is 1.91. The maximum absolute atomic E-state index is 5.48. The Balaban J connectivity index is 2.18. The molecular weight excluding hydrogens is 99.5 g/mol. The Labute approximate surface area is 41.9 Å². The molecule has 1 radical (unpaired) electrons. The van der Waals surface area contributed by atoms with E-state index in [1.807, 2.05) is 0 Å². The number of hydrogen-bond acceptors (Lipinski definition) is 1. The lowest BCUT2D eigenvalue weighted by Crippen LogP contribution is -2.08. The van der Waals surface area contributed by atoms with Gasteiger partial charge in [-0.3, -0.25) is 0 Å². The van der Waals surface area contributed by atoms with Crippen LogP contribution in [0.15, 0.2) is 0 Å². The van der Waals surface area contributed by atoms with Gasteiger partial charge in [-0.15, -0.1) is 11.6 Å². The van der Waals surface area contributed by atoms with Crippen molar-refractivity contribution in [2.75, 3.05) is 13.2 Å². The molecule has 1 heterocycles. The Kier molecular flexibility index (Phi) is 1.29. The average Bonchev–Trinajstić information content (AvgIpc) is 1.86. The predicted octanol–water partition coefficient (Wildman–Crippen LogP) is -0.284. The molecule has 3 heteroatoms. The van der Waals surface area contributed by atoms with E-state index in [0.29, 0.717) is 0 Å². The first-order chi connectivity index (χ1) is 2.89. The van der Waals surface area contributed by atoms with Crippen molar-refractivity contribution in [2.45, 2.75) is 5.50 Å². The van der Waals surface area contributed by atoms with E-state index in [1.54, 1.807) is 0 Å². The summed E-state index contributed by atoms with van der Waals surface area (Å²) in [6.45, 7) is 1.57. The minimum Gasteiger partial charge on any atom is -0.300 e. The van der Waals surface area contributed by atoms with Gasteiger partial charge in [0.15, 0.2) is 0 Å². The third-order valence-corrected chi connectivity index (χ3v) is 1.01. The molecular formula is C3H6ClN2. The van der Waals surface area contributed by atoms with Crippen LogP contribution in [0.1, 0.15) is 0 Å². The van der Waals surface area contributed by atoms with Crippen molar-refractivity contribution in [3.8, 4) is 0 Å². The quantitative estimate of drug-likeness (QED) is 0.333. The SMILES string of the molecule is ClC1CNC[N]1. The van der Waals surface area contributed by atoms with Crippen LogP contribution in [-0.2, 0) is 0 Å². The minimum absolute atomic E-state index is 0.0324. The second kappa shape index (κ2) is 1.78. The fourth-order valence-electron chi connectivity index (χ4n) is 0.412. The number of alkyl halides is 1. The summed E-state index contributed by atoms with van der Waals surface area (Å²) in [6, 6.07) is 0. The van der Waals surface area contributed by atoms with Crippen LogP contribution < -0.4 is 10.6 Å². The molecule has 1 unspecified atom stereocenters. The van der Waals surface area contributed by atoms with Gasteiger partial charge in [-0.2, -0.15) is 0 Å². The van der Waals surface area contributed by atoms with Crippen molar-refractivity contribution in [1.29, 1.82) is 0 Å². The number of halogens is 1. The van der Waals surface area contributed by atoms with E-state index in [2.05, 4.69) is 10.6 Å². The summed E-state index contributed by atoms with van der Waals surface area (Å²) in [5.41, 5.74) is 0.0324. The molecule has 2 nitrogen and oxygen atoms in total. The largest absolute Gasteiger partial charge is 0.300 e. The molecule has 1 atom stereocenters. The van der Waals surface area contributed by atoms with E-state index >= 15 is 0 Å². The maximum atomic E-state index is 5.48. The van der Waals surface area contributed by atoms with E-state index in [1.165, 1.54) is 0 Å². The summed E-state index contributed by atoms with van der Waals surface area (Å²) in [5.74, 6) is 0. The van der Waals surface area contributed by atoms with Gasteiger partial charge in [-0.25, -0.2) is 5.32 Å². The Morgan fingerprint density at radius 1 is 1.83 bits per heavy atom. The molecule has 0 bridgehead atoms. The molecule has 0 aromatic carbocycles. The standard InChI is InChI=1S/C3H6ClN2/c4-3-1-5-2-6-3/h3,5H,1-2H2. The molecule has 1 N–H and O–H groups in total. The molecule has 35 valence electrons. The summed E-state index contributed by atoms with van der Waals surface area (Å²) >= 11 is 5.48. The van der Waals surface area contributed by atoms with E-state index < -0.39 is 0 Å². The molecule has 0 spiro atoms. The lowest BCUT2D eigenvalue weighted by atomic mass is 10.7. The number of nitrogens with one attached hydrogen (secondary N) is 1. The van der Waals surface area contributed by atoms with Gasteiger partial charge in [0, 0.05) is 6.54 Å². The molecule has 0 aliphatic carbocycles. The Hall–Kier alpha value is 0.210. The van der Waals surface area contributed by atoms with Crippen molar-refractivity contribution in [3.05, 3.63) is 0 Å². The van der Waals surface area contributed by atoms with Crippen molar-refractivity contribution < 1.29 is 0 Å². The Morgan fingerprint density at radius 3 is 2.83 bits per heavy atom. The molecule has 1 aliphatic heterocycles. The highest BCUT2D eigenvalue weighted by Gasteiger charge is 2.08. The van der Waals surface area contributed by atoms with Crippen molar-refractivity contribution in [2.24, 2.45) is 0 Å². The van der Waals surface area contributed by atoms with Gasteiger partial charge in [0.2, 0.25) is 0 Å². The highest BCUT2D eigenvalue weighted by molar-refractivity contribution is 6.20. The maximum Gasteiger partial charge on any atom is 0.112 e. The first kappa shape index (κ1) is 4.37. The zero-order chi connectivity index (χ0) is 4.41. The second-order valence-electron chi connectivity index (χ2n) is 1.23. The van der Waals surface area contributed by atoms with Gasteiger partial charge in [-0.05, 0) is 0 Å². The Morgan fingerprint density at radius 2 is 2.67 bits per heavy atom. The van der Waals surface area contributed by atoms with Crippen LogP contribution in [0.3, 0.4) is 0 Å². The number of rotatable bonds is 0. The average molecular weight is 106 g/mol. The summed E-state index contributed by atoms with van der Waals surface area (Å²) in [6.07, 6.45) is 0. The molecule has 0 aromatic rings. The van der Waals surface area contributed by atoms with E-state index in [-0.39, 0.29) is 5.50 Å². The molecule has 1 fully saturated rings. The summed E-state index contributed by atoms with van der Waals surface area (Å²) in [5, 5.41) is 6.86. The van der Waals surface area contributed by atoms with Gasteiger partial charge in [0.05, 0.1) is 6.67 Å². The van der Waals surface area contributed by atoms with Crippen LogP contribution in [0.2, 0.25) is 0 Å². The van der Waals surface area contributed by atoms with Gasteiger partial charge in [-0.1, -0.05) is 0 Å². The second-order valence-corrected chi connectivity index (χ2v) is 1.73. The monoisotopic (exact) mass is 105 g/mol. The van der Waals surface area contributed by atoms with Crippen LogP contribution in [-0.4, -0.2) is 18.7 Å². The lowest BCUT2D eigenvalue weighted by Gasteiger charge is -1.87. The topological polar surface area (TPSA) is 26.1 Å². The van der Waals surface area contributed by atoms with E-state index in [9.17, 15) is 0 Å². The van der Waals surface area contributed by atoms with Crippen LogP contribution >= 0.6 is 11.6 Å². The summed E-state index contributed by atoms with van der Waals surface area (Å²) in [4.78, 5) is 0. The van der Waals surface area contributed by atoms with Crippen LogP contribution in [0.25, 0.3) is 0 Å². The van der Waals surface area contributed by atoms with Crippen LogP contribution in [0.5, 0.6) is 0 Å². The Bertz CT molecular complexity index is 42.1. The van der Waals surface area contributed by atoms with Crippen LogP contribution in [0.4, 0.5) is 0 Å². The third kappa shape index (κ3) is 0.834. The summed E-state index contributed by atoms with van der Waals surface area (Å²) < 4.78 is 0. The molecule has 1 rings (SSSR count). The number of hydrogen-bond donors (Lipinski definition) is 1. The van der Waals surface area contributed by atoms with Crippen molar-refractivity contribution in [3.63, 3.8) is 0 Å². The minimum atomic E-state index is 0.0324. The van der Waals surface area contributed by atoms with E-state index in [0.717, 1.165) is 13.2 Å². The van der Waals surface area contributed by atoms with Gasteiger partial charge < -0.3 is 5.32 Å². The van der Waals surface area contributed by atoms with E-state index in [4.69, 9.17) is 11.6 Å². The molecule has 6 heavy (non-hydrogen) atoms. The first-order valence-corrected chi connectivity index (χ1v) is 2.34. The van der Waals surface area contributed by atoms with Crippen molar-refractivity contribution in [1.82, 2.24) is 10.6 Å². The molecule has 0 aromatic heterocycles. The fourth-order valence-corrected chi connectivity index (χ4v) is 0.590. The zero-order valence-electron chi connectivity index (χ0n) is 3.32. The van der Waals surface area contributed by atoms with Gasteiger partial charge >= 0.3 is 0 Å². The van der Waals surface area contributed by atoms with Crippen LogP contribution in [0, 0.1) is 0 Å². The summed E-state index contributed by atoms with van der Waals surface area (Å²) in [7, 11) is 0. The lowest BCUT2D eigenvalue weighted by molar-refractivity contribution is 0.775. The molecule has 0 saturated carbocycles. The van der Waals surface area contributed by atoms with Crippen molar-refractivity contribution >= 4 is 11.6 Å². The molecule has 0 amide bonds. The third-order valence-electron chi connectivity index (χ3n) is 0.714.